The SMILES string of the molecule is Cc1ccccc1CNC(=O)C12CC(C1)C(NC(=O)COc1ccc(Cl)c(F)c1)C2. The van der Waals surface area contributed by atoms with Gasteiger partial charge in [-0.05, 0) is 55.4 Å². The van der Waals surface area contributed by atoms with Gasteiger partial charge in [-0.2, -0.15) is 0 Å². The summed E-state index contributed by atoms with van der Waals surface area (Å²) in [5, 5.41) is 6.04. The molecule has 3 saturated carbocycles. The topological polar surface area (TPSA) is 67.4 Å². The van der Waals surface area contributed by atoms with E-state index in [-0.39, 0.29) is 40.7 Å². The van der Waals surface area contributed by atoms with Gasteiger partial charge in [-0.15, -0.1) is 0 Å². The lowest BCUT2D eigenvalue weighted by Crippen LogP contribution is -2.44. The predicted molar refractivity (Wildman–Crippen MR) is 112 cm³/mol. The Kier molecular flexibility index (Phi) is 5.69. The lowest BCUT2D eigenvalue weighted by Gasteiger charge is -2.36. The van der Waals surface area contributed by atoms with Crippen molar-refractivity contribution < 1.29 is 18.7 Å². The van der Waals surface area contributed by atoms with E-state index in [2.05, 4.69) is 10.6 Å². The molecule has 2 amide bonds. The normalized spacial score (nSPS) is 24.1. The van der Waals surface area contributed by atoms with Crippen molar-refractivity contribution in [2.45, 2.75) is 38.8 Å². The van der Waals surface area contributed by atoms with E-state index < -0.39 is 5.82 Å². The molecule has 5 rings (SSSR count). The van der Waals surface area contributed by atoms with Gasteiger partial charge >= 0.3 is 0 Å². The van der Waals surface area contributed by atoms with E-state index in [1.807, 2.05) is 31.2 Å². The first-order valence-electron chi connectivity index (χ1n) is 10.1. The zero-order valence-electron chi connectivity index (χ0n) is 16.7. The molecule has 2 aromatic carbocycles. The molecule has 1 unspecified atom stereocenters. The van der Waals surface area contributed by atoms with Crippen LogP contribution in [0, 0.1) is 24.1 Å². The van der Waals surface area contributed by atoms with E-state index >= 15 is 0 Å². The zero-order valence-corrected chi connectivity index (χ0v) is 17.5. The second-order valence-electron chi connectivity index (χ2n) is 8.30. The lowest BCUT2D eigenvalue weighted by molar-refractivity contribution is -0.135. The molecule has 0 aliphatic heterocycles. The molecule has 0 heterocycles. The van der Waals surface area contributed by atoms with Gasteiger partial charge in [0.2, 0.25) is 5.91 Å². The quantitative estimate of drug-likeness (QED) is 0.702. The Morgan fingerprint density at radius 2 is 1.97 bits per heavy atom. The molecule has 2 aromatic rings. The van der Waals surface area contributed by atoms with Crippen LogP contribution in [0.4, 0.5) is 4.39 Å². The molecule has 3 aliphatic carbocycles. The first-order valence-corrected chi connectivity index (χ1v) is 10.4. The number of hydrogen-bond acceptors (Lipinski definition) is 3. The van der Waals surface area contributed by atoms with Crippen molar-refractivity contribution in [3.8, 4) is 5.75 Å². The first-order chi connectivity index (χ1) is 14.4. The summed E-state index contributed by atoms with van der Waals surface area (Å²) in [4.78, 5) is 25.1. The molecule has 3 aliphatic rings. The summed E-state index contributed by atoms with van der Waals surface area (Å²) in [5.41, 5.74) is 1.88. The molecule has 7 heteroatoms. The van der Waals surface area contributed by atoms with E-state index in [0.29, 0.717) is 18.9 Å². The molecule has 0 radical (unpaired) electrons. The van der Waals surface area contributed by atoms with Crippen molar-refractivity contribution in [1.29, 1.82) is 0 Å². The Balaban J connectivity index is 1.25. The van der Waals surface area contributed by atoms with Gasteiger partial charge in [0.15, 0.2) is 6.61 Å². The van der Waals surface area contributed by atoms with Crippen LogP contribution in [0.5, 0.6) is 5.75 Å². The third-order valence-corrected chi connectivity index (χ3v) is 6.58. The highest BCUT2D eigenvalue weighted by atomic mass is 35.5. The van der Waals surface area contributed by atoms with Gasteiger partial charge in [-0.3, -0.25) is 9.59 Å². The standard InChI is InChI=1S/C23H24ClFN2O3/c1-14-4-2-3-5-15(14)12-26-22(29)23-9-16(10-23)20(11-23)27-21(28)13-30-17-6-7-18(24)19(25)8-17/h2-8,16,20H,9-13H2,1H3,(H,26,29)(H,27,28). The average molecular weight is 431 g/mol. The van der Waals surface area contributed by atoms with Crippen LogP contribution in [0.25, 0.3) is 0 Å². The van der Waals surface area contributed by atoms with E-state index in [4.69, 9.17) is 16.3 Å². The van der Waals surface area contributed by atoms with Crippen molar-refractivity contribution in [3.63, 3.8) is 0 Å². The molecule has 0 aromatic heterocycles. The fourth-order valence-corrected chi connectivity index (χ4v) is 4.68. The fraction of sp³-hybridized carbons (Fsp3) is 0.391. The Bertz CT molecular complexity index is 975. The number of carbonyl (C=O) groups excluding carboxylic acids is 2. The lowest BCUT2D eigenvalue weighted by atomic mass is 9.69. The fourth-order valence-electron chi connectivity index (χ4n) is 4.57. The van der Waals surface area contributed by atoms with Crippen LogP contribution in [0.2, 0.25) is 5.02 Å². The monoisotopic (exact) mass is 430 g/mol. The van der Waals surface area contributed by atoms with Crippen LogP contribution in [-0.2, 0) is 16.1 Å². The highest BCUT2D eigenvalue weighted by Gasteiger charge is 2.60. The van der Waals surface area contributed by atoms with E-state index in [1.165, 1.54) is 12.1 Å². The van der Waals surface area contributed by atoms with Crippen LogP contribution < -0.4 is 15.4 Å². The van der Waals surface area contributed by atoms with Gasteiger partial charge in [0.25, 0.3) is 5.91 Å². The number of fused-ring (bicyclic) bond motifs is 1. The third-order valence-electron chi connectivity index (χ3n) is 6.28. The summed E-state index contributed by atoms with van der Waals surface area (Å²) < 4.78 is 18.8. The Morgan fingerprint density at radius 3 is 2.70 bits per heavy atom. The van der Waals surface area contributed by atoms with Gasteiger partial charge < -0.3 is 15.4 Å². The molecule has 1 atom stereocenters. The number of amides is 2. The minimum Gasteiger partial charge on any atom is -0.484 e. The Morgan fingerprint density at radius 1 is 1.20 bits per heavy atom. The van der Waals surface area contributed by atoms with Gasteiger partial charge in [-0.25, -0.2) is 4.39 Å². The minimum atomic E-state index is -0.593. The summed E-state index contributed by atoms with van der Waals surface area (Å²) in [5.74, 6) is -0.254. The van der Waals surface area contributed by atoms with Gasteiger partial charge in [0, 0.05) is 18.7 Å². The first kappa shape index (κ1) is 20.7. The summed E-state index contributed by atoms with van der Waals surface area (Å²) in [6.07, 6.45) is 2.22. The number of rotatable bonds is 7. The largest absolute Gasteiger partial charge is 0.484 e. The number of carbonyl (C=O) groups is 2. The molecule has 3 fully saturated rings. The minimum absolute atomic E-state index is 0.00327. The van der Waals surface area contributed by atoms with Gasteiger partial charge in [0.05, 0.1) is 10.4 Å². The highest BCUT2D eigenvalue weighted by molar-refractivity contribution is 6.30. The number of aryl methyl sites for hydroxylation is 1. The van der Waals surface area contributed by atoms with E-state index in [0.717, 1.165) is 30.0 Å². The van der Waals surface area contributed by atoms with Crippen LogP contribution >= 0.6 is 11.6 Å². The molecule has 30 heavy (non-hydrogen) atoms. The van der Waals surface area contributed by atoms with Gasteiger partial charge in [-0.1, -0.05) is 35.9 Å². The van der Waals surface area contributed by atoms with Crippen molar-refractivity contribution in [2.75, 3.05) is 6.61 Å². The number of nitrogens with one attached hydrogen (secondary N) is 2. The van der Waals surface area contributed by atoms with Gasteiger partial charge in [0.1, 0.15) is 11.6 Å². The van der Waals surface area contributed by atoms with E-state index in [1.54, 1.807) is 0 Å². The molecule has 5 nitrogen and oxygen atoms in total. The summed E-state index contributed by atoms with van der Waals surface area (Å²) in [6.45, 7) is 2.33. The summed E-state index contributed by atoms with van der Waals surface area (Å²) in [7, 11) is 0. The summed E-state index contributed by atoms with van der Waals surface area (Å²) in [6, 6.07) is 12.0. The molecule has 0 spiro atoms. The van der Waals surface area contributed by atoms with Crippen LogP contribution in [0.3, 0.4) is 0 Å². The third kappa shape index (κ3) is 4.15. The smallest absolute Gasteiger partial charge is 0.258 e. The second-order valence-corrected chi connectivity index (χ2v) is 8.71. The molecular weight excluding hydrogens is 407 g/mol. The molecular formula is C23H24ClFN2O3. The molecule has 2 bridgehead atoms. The maximum absolute atomic E-state index is 13.4. The highest BCUT2D eigenvalue weighted by Crippen LogP contribution is 2.58. The maximum Gasteiger partial charge on any atom is 0.258 e. The van der Waals surface area contributed by atoms with Crippen LogP contribution in [-0.4, -0.2) is 24.5 Å². The molecule has 0 saturated heterocycles. The predicted octanol–water partition coefficient (Wildman–Crippen LogP) is 3.77. The number of ether oxygens (including phenoxy) is 1. The number of benzene rings is 2. The zero-order chi connectivity index (χ0) is 21.3. The van der Waals surface area contributed by atoms with Crippen LogP contribution in [0.1, 0.15) is 30.4 Å². The molecule has 2 N–H and O–H groups in total. The second kappa shape index (κ2) is 8.26. The maximum atomic E-state index is 13.4. The van der Waals surface area contributed by atoms with Crippen molar-refractivity contribution in [2.24, 2.45) is 11.3 Å². The van der Waals surface area contributed by atoms with Crippen molar-refractivity contribution >= 4 is 23.4 Å². The molecule has 158 valence electrons. The number of hydrogen-bond donors (Lipinski definition) is 2. The van der Waals surface area contributed by atoms with E-state index in [9.17, 15) is 14.0 Å². The Hall–Kier alpha value is -2.60. The summed E-state index contributed by atoms with van der Waals surface area (Å²) >= 11 is 5.64. The van der Waals surface area contributed by atoms with Crippen molar-refractivity contribution in [3.05, 3.63) is 64.4 Å². The average Bonchev–Trinajstić information content (AvgIpc) is 3.23. The van der Waals surface area contributed by atoms with Crippen LogP contribution in [0.15, 0.2) is 42.5 Å². The van der Waals surface area contributed by atoms with Crippen molar-refractivity contribution in [1.82, 2.24) is 10.6 Å². The Labute approximate surface area is 179 Å². The number of halogens is 2.